The number of methoxy groups -OCH3 is 3. The van der Waals surface area contributed by atoms with Gasteiger partial charge in [-0.05, 0) is 87.2 Å². The Balaban J connectivity index is 2.13. The molecule has 44 heavy (non-hydrogen) atoms. The number of sulfonamides is 1. The number of benzene rings is 3. The number of carbonyl (C=O) groups excluding carboxylic acids is 2. The topological polar surface area (TPSA) is 114 Å². The average Bonchev–Trinajstić information content (AvgIpc) is 2.98. The summed E-state index contributed by atoms with van der Waals surface area (Å²) in [6.07, 6.45) is 0.326. The van der Waals surface area contributed by atoms with Crippen molar-refractivity contribution in [3.8, 4) is 17.2 Å². The van der Waals surface area contributed by atoms with Gasteiger partial charge in [0, 0.05) is 18.7 Å². The summed E-state index contributed by atoms with van der Waals surface area (Å²) in [5.41, 5.74) is 2.75. The maximum absolute atomic E-state index is 14.3. The molecule has 1 N–H and O–H groups in total. The van der Waals surface area contributed by atoms with Gasteiger partial charge in [-0.15, -0.1) is 0 Å². The lowest BCUT2D eigenvalue weighted by Crippen LogP contribution is -2.53. The highest BCUT2D eigenvalue weighted by Crippen LogP contribution is 2.33. The molecule has 3 aromatic carbocycles. The van der Waals surface area contributed by atoms with Gasteiger partial charge in [-0.2, -0.15) is 0 Å². The molecule has 0 aromatic heterocycles. The van der Waals surface area contributed by atoms with Crippen molar-refractivity contribution in [2.75, 3.05) is 32.2 Å². The molecular weight excluding hydrogens is 582 g/mol. The molecule has 3 aromatic rings. The molecule has 0 aliphatic rings. The zero-order valence-corrected chi connectivity index (χ0v) is 27.5. The van der Waals surface area contributed by atoms with E-state index in [9.17, 15) is 18.0 Å². The van der Waals surface area contributed by atoms with Crippen LogP contribution in [0.1, 0.15) is 43.9 Å². The van der Waals surface area contributed by atoms with Crippen LogP contribution in [-0.4, -0.2) is 65.1 Å². The Morgan fingerprint density at radius 3 is 1.98 bits per heavy atom. The third kappa shape index (κ3) is 8.22. The van der Waals surface area contributed by atoms with Gasteiger partial charge in [-0.1, -0.05) is 25.1 Å². The van der Waals surface area contributed by atoms with E-state index >= 15 is 0 Å². The Morgan fingerprint density at radius 2 is 1.45 bits per heavy atom. The number of hydrogen-bond acceptors (Lipinski definition) is 7. The zero-order chi connectivity index (χ0) is 32.6. The Kier molecular flexibility index (Phi) is 11.6. The van der Waals surface area contributed by atoms with Crippen molar-refractivity contribution in [1.29, 1.82) is 0 Å². The second-order valence-corrected chi connectivity index (χ2v) is 12.7. The van der Waals surface area contributed by atoms with Gasteiger partial charge in [0.05, 0.1) is 31.9 Å². The number of anilines is 1. The van der Waals surface area contributed by atoms with E-state index in [4.69, 9.17) is 14.2 Å². The minimum atomic E-state index is -4.29. The third-order valence-corrected chi connectivity index (χ3v) is 8.81. The van der Waals surface area contributed by atoms with Crippen molar-refractivity contribution < 1.29 is 32.2 Å². The van der Waals surface area contributed by atoms with Gasteiger partial charge in [0.2, 0.25) is 11.8 Å². The summed E-state index contributed by atoms with van der Waals surface area (Å²) in [4.78, 5) is 29.0. The number of carbonyl (C=O) groups is 2. The molecule has 3 rings (SSSR count). The molecule has 0 spiro atoms. The quantitative estimate of drug-likeness (QED) is 0.272. The van der Waals surface area contributed by atoms with Crippen LogP contribution in [0.15, 0.2) is 65.6 Å². The van der Waals surface area contributed by atoms with E-state index in [-0.39, 0.29) is 29.1 Å². The molecule has 0 aliphatic carbocycles. The van der Waals surface area contributed by atoms with E-state index in [1.54, 1.807) is 31.4 Å². The fourth-order valence-electron chi connectivity index (χ4n) is 4.96. The average molecular weight is 626 g/mol. The number of aryl methyl sites for hydroxylation is 2. The predicted octanol–water partition coefficient (Wildman–Crippen LogP) is 4.86. The second-order valence-electron chi connectivity index (χ2n) is 10.8. The molecule has 238 valence electrons. The largest absolute Gasteiger partial charge is 0.497 e. The highest BCUT2D eigenvalue weighted by atomic mass is 32.2. The smallest absolute Gasteiger partial charge is 0.264 e. The van der Waals surface area contributed by atoms with Crippen molar-refractivity contribution in [2.24, 2.45) is 0 Å². The van der Waals surface area contributed by atoms with Crippen LogP contribution in [0, 0.1) is 13.8 Å². The lowest BCUT2D eigenvalue weighted by atomic mass is 10.1. The minimum absolute atomic E-state index is 0.0756. The first kappa shape index (κ1) is 34.2. The third-order valence-electron chi connectivity index (χ3n) is 7.05. The van der Waals surface area contributed by atoms with Crippen LogP contribution >= 0.6 is 0 Å². The Labute approximate surface area is 261 Å². The molecule has 0 saturated heterocycles. The number of nitrogens with one attached hydrogen (secondary N) is 1. The monoisotopic (exact) mass is 625 g/mol. The molecule has 0 bridgehead atoms. The normalized spacial score (nSPS) is 11.9. The van der Waals surface area contributed by atoms with Gasteiger partial charge in [-0.3, -0.25) is 13.9 Å². The number of hydrogen-bond donors (Lipinski definition) is 1. The summed E-state index contributed by atoms with van der Waals surface area (Å²) in [5, 5.41) is 2.90. The van der Waals surface area contributed by atoms with Crippen LogP contribution in [0.3, 0.4) is 0 Å². The molecule has 0 aliphatic heterocycles. The highest BCUT2D eigenvalue weighted by molar-refractivity contribution is 7.92. The molecule has 10 nitrogen and oxygen atoms in total. The summed E-state index contributed by atoms with van der Waals surface area (Å²) in [6.45, 7) is 8.78. The van der Waals surface area contributed by atoms with Crippen LogP contribution in [0.2, 0.25) is 0 Å². The second kappa shape index (κ2) is 15.0. The number of amides is 2. The van der Waals surface area contributed by atoms with E-state index in [1.807, 2.05) is 52.8 Å². The van der Waals surface area contributed by atoms with Crippen LogP contribution in [0.4, 0.5) is 5.69 Å². The van der Waals surface area contributed by atoms with Gasteiger partial charge < -0.3 is 24.4 Å². The van der Waals surface area contributed by atoms with Crippen LogP contribution in [-0.2, 0) is 26.2 Å². The molecule has 0 fully saturated rings. The maximum atomic E-state index is 14.3. The molecular formula is C33H43N3O7S. The molecule has 0 heterocycles. The molecule has 0 radical (unpaired) electrons. The van der Waals surface area contributed by atoms with Gasteiger partial charge in [0.25, 0.3) is 10.0 Å². The summed E-state index contributed by atoms with van der Waals surface area (Å²) < 4.78 is 45.6. The first-order valence-electron chi connectivity index (χ1n) is 14.4. The Hall–Kier alpha value is -4.25. The van der Waals surface area contributed by atoms with Gasteiger partial charge >= 0.3 is 0 Å². The van der Waals surface area contributed by atoms with E-state index in [0.29, 0.717) is 23.6 Å². The Morgan fingerprint density at radius 1 is 0.841 bits per heavy atom. The minimum Gasteiger partial charge on any atom is -0.497 e. The van der Waals surface area contributed by atoms with Crippen molar-refractivity contribution in [1.82, 2.24) is 10.2 Å². The van der Waals surface area contributed by atoms with E-state index < -0.39 is 28.5 Å². The SMILES string of the molecule is CC[C@@H](C(=O)NC(C)C)N(Cc1ccc(OC)cc1)C(=O)CN(c1cc(C)cc(C)c1)S(=O)(=O)c1ccc(OC)c(OC)c1. The van der Waals surface area contributed by atoms with Gasteiger partial charge in [0.1, 0.15) is 18.3 Å². The fraction of sp³-hybridized carbons (Fsp3) is 0.394. The van der Waals surface area contributed by atoms with Crippen molar-refractivity contribution >= 4 is 27.5 Å². The highest BCUT2D eigenvalue weighted by Gasteiger charge is 2.34. The van der Waals surface area contributed by atoms with Gasteiger partial charge in [0.15, 0.2) is 11.5 Å². The molecule has 0 unspecified atom stereocenters. The Bertz CT molecular complexity index is 1540. The molecule has 0 saturated carbocycles. The van der Waals surface area contributed by atoms with Crippen molar-refractivity contribution in [3.63, 3.8) is 0 Å². The summed E-state index contributed by atoms with van der Waals surface area (Å²) in [6, 6.07) is 15.8. The summed E-state index contributed by atoms with van der Waals surface area (Å²) >= 11 is 0. The van der Waals surface area contributed by atoms with Crippen LogP contribution in [0.25, 0.3) is 0 Å². The van der Waals surface area contributed by atoms with Crippen molar-refractivity contribution in [2.45, 2.75) is 64.6 Å². The molecule has 11 heteroatoms. The number of ether oxygens (including phenoxy) is 3. The number of nitrogens with zero attached hydrogens (tertiary/aromatic N) is 2. The lowest BCUT2D eigenvalue weighted by Gasteiger charge is -2.33. The van der Waals surface area contributed by atoms with Gasteiger partial charge in [-0.25, -0.2) is 8.42 Å². The summed E-state index contributed by atoms with van der Waals surface area (Å²) in [7, 11) is 0.152. The number of rotatable bonds is 14. The summed E-state index contributed by atoms with van der Waals surface area (Å²) in [5.74, 6) is 0.406. The lowest BCUT2D eigenvalue weighted by molar-refractivity contribution is -0.140. The van der Waals surface area contributed by atoms with Crippen LogP contribution in [0.5, 0.6) is 17.2 Å². The fourth-order valence-corrected chi connectivity index (χ4v) is 6.37. The van der Waals surface area contributed by atoms with Crippen LogP contribution < -0.4 is 23.8 Å². The molecule has 2 amide bonds. The van der Waals surface area contributed by atoms with E-state index in [0.717, 1.165) is 21.0 Å². The predicted molar refractivity (Wildman–Crippen MR) is 171 cm³/mol. The maximum Gasteiger partial charge on any atom is 0.264 e. The molecule has 1 atom stereocenters. The first-order chi connectivity index (χ1) is 20.8. The van der Waals surface area contributed by atoms with E-state index in [2.05, 4.69) is 5.32 Å². The zero-order valence-electron chi connectivity index (χ0n) is 26.7. The van der Waals surface area contributed by atoms with E-state index in [1.165, 1.54) is 37.3 Å². The van der Waals surface area contributed by atoms with Crippen molar-refractivity contribution in [3.05, 3.63) is 77.4 Å². The standard InChI is InChI=1S/C33H43N3O7S/c1-9-29(33(38)34-22(2)3)35(20-25-10-12-27(41-6)13-11-25)32(37)21-36(26-17-23(4)16-24(5)18-26)44(39,40)28-14-15-30(42-7)31(19-28)43-8/h10-19,22,29H,9,20-21H2,1-8H3,(H,34,38)/t29-/m0/s1. The first-order valence-corrected chi connectivity index (χ1v) is 15.8.